The number of pyridine rings is 1. The van der Waals surface area contributed by atoms with Crippen LogP contribution in [0.2, 0.25) is 0 Å². The minimum atomic E-state index is 0.295. The van der Waals surface area contributed by atoms with Crippen LogP contribution in [0.5, 0.6) is 0 Å². The highest BCUT2D eigenvalue weighted by atomic mass is 32.2. The van der Waals surface area contributed by atoms with Crippen LogP contribution in [0.1, 0.15) is 25.5 Å². The molecule has 2 aromatic rings. The molecule has 0 fully saturated rings. The topological polar surface area (TPSA) is 50.7 Å². The van der Waals surface area contributed by atoms with Crippen molar-refractivity contribution >= 4 is 23.3 Å². The summed E-state index contributed by atoms with van der Waals surface area (Å²) in [4.78, 5) is 8.59. The molecule has 1 N–H and O–H groups in total. The number of rotatable bonds is 5. The Kier molecular flexibility index (Phi) is 4.47. The van der Waals surface area contributed by atoms with Crippen LogP contribution in [0.15, 0.2) is 34.0 Å². The first-order chi connectivity index (χ1) is 8.31. The molecule has 0 aromatic carbocycles. The van der Waals surface area contributed by atoms with E-state index in [1.54, 1.807) is 18.1 Å². The van der Waals surface area contributed by atoms with Crippen molar-refractivity contribution in [1.29, 1.82) is 0 Å². The molecule has 2 heterocycles. The maximum Gasteiger partial charge on any atom is 0.176 e. The van der Waals surface area contributed by atoms with Crippen LogP contribution in [0, 0.1) is 0 Å². The first kappa shape index (κ1) is 12.5. The lowest BCUT2D eigenvalue weighted by molar-refractivity contribution is 0.585. The van der Waals surface area contributed by atoms with E-state index in [0.29, 0.717) is 6.04 Å². The lowest BCUT2D eigenvalue weighted by Crippen LogP contribution is -2.18. The number of hydrogen-bond acceptors (Lipinski definition) is 6. The number of nitrogens with zero attached hydrogens (tertiary/aromatic N) is 3. The van der Waals surface area contributed by atoms with Gasteiger partial charge in [-0.25, -0.2) is 9.97 Å². The Hall–Kier alpha value is -0.980. The molecular formula is C11H14N4S2. The van der Waals surface area contributed by atoms with Crippen molar-refractivity contribution in [3.8, 4) is 0 Å². The molecule has 1 unspecified atom stereocenters. The molecule has 0 saturated carbocycles. The van der Waals surface area contributed by atoms with Crippen LogP contribution >= 0.6 is 23.3 Å². The molecule has 2 aromatic heterocycles. The largest absolute Gasteiger partial charge is 0.310 e. The fourth-order valence-corrected chi connectivity index (χ4v) is 3.06. The molecular weight excluding hydrogens is 252 g/mol. The number of hydrogen-bond donors (Lipinski definition) is 1. The van der Waals surface area contributed by atoms with Crippen molar-refractivity contribution in [2.75, 3.05) is 6.54 Å². The van der Waals surface area contributed by atoms with Gasteiger partial charge in [-0.2, -0.15) is 4.37 Å². The van der Waals surface area contributed by atoms with E-state index in [1.165, 1.54) is 17.1 Å². The van der Waals surface area contributed by atoms with Crippen LogP contribution in [0.4, 0.5) is 0 Å². The van der Waals surface area contributed by atoms with Gasteiger partial charge in [0.05, 0.1) is 0 Å². The number of nitrogens with one attached hydrogen (secondary N) is 1. The molecule has 0 saturated heterocycles. The van der Waals surface area contributed by atoms with Gasteiger partial charge < -0.3 is 5.32 Å². The molecule has 6 heteroatoms. The first-order valence-corrected chi connectivity index (χ1v) is 7.03. The SMILES string of the molecule is CCNC(C)c1cccnc1Sc1ncns1. The zero-order valence-corrected chi connectivity index (χ0v) is 11.4. The fourth-order valence-electron chi connectivity index (χ4n) is 1.52. The maximum absolute atomic E-state index is 4.42. The summed E-state index contributed by atoms with van der Waals surface area (Å²) in [6, 6.07) is 4.36. The lowest BCUT2D eigenvalue weighted by Gasteiger charge is -2.14. The lowest BCUT2D eigenvalue weighted by atomic mass is 10.1. The highest BCUT2D eigenvalue weighted by molar-refractivity contribution is 8.00. The Morgan fingerprint density at radius 3 is 3.06 bits per heavy atom. The molecule has 0 radical (unpaired) electrons. The van der Waals surface area contributed by atoms with E-state index >= 15 is 0 Å². The monoisotopic (exact) mass is 266 g/mol. The van der Waals surface area contributed by atoms with Crippen LogP contribution in [-0.4, -0.2) is 20.9 Å². The molecule has 0 aliphatic heterocycles. The molecule has 4 nitrogen and oxygen atoms in total. The fraction of sp³-hybridized carbons (Fsp3) is 0.364. The summed E-state index contributed by atoms with van der Waals surface area (Å²) < 4.78 is 4.92. The summed E-state index contributed by atoms with van der Waals surface area (Å²) in [6.45, 7) is 5.19. The summed E-state index contributed by atoms with van der Waals surface area (Å²) in [7, 11) is 0. The van der Waals surface area contributed by atoms with E-state index in [4.69, 9.17) is 0 Å². The molecule has 2 rings (SSSR count). The summed E-state index contributed by atoms with van der Waals surface area (Å²) in [6.07, 6.45) is 3.38. The third kappa shape index (κ3) is 3.24. The average molecular weight is 266 g/mol. The zero-order valence-electron chi connectivity index (χ0n) is 9.75. The Bertz CT molecular complexity index is 458. The molecule has 1 atom stereocenters. The van der Waals surface area contributed by atoms with Crippen molar-refractivity contribution in [2.24, 2.45) is 0 Å². The van der Waals surface area contributed by atoms with Gasteiger partial charge in [-0.15, -0.1) is 0 Å². The standard InChI is InChI=1S/C11H14N4S2/c1-3-12-8(2)9-5-4-6-13-10(9)16-11-14-7-15-17-11/h4-8,12H,3H2,1-2H3. The van der Waals surface area contributed by atoms with Crippen LogP contribution in [0.25, 0.3) is 0 Å². The van der Waals surface area contributed by atoms with Gasteiger partial charge in [0, 0.05) is 17.8 Å². The van der Waals surface area contributed by atoms with E-state index in [9.17, 15) is 0 Å². The van der Waals surface area contributed by atoms with Gasteiger partial charge in [0.25, 0.3) is 0 Å². The predicted molar refractivity (Wildman–Crippen MR) is 70.4 cm³/mol. The number of aromatic nitrogens is 3. The van der Waals surface area contributed by atoms with E-state index in [-0.39, 0.29) is 0 Å². The second-order valence-corrected chi connectivity index (χ2v) is 5.50. The van der Waals surface area contributed by atoms with Crippen molar-refractivity contribution in [3.05, 3.63) is 30.2 Å². The van der Waals surface area contributed by atoms with Crippen LogP contribution in [0.3, 0.4) is 0 Å². The highest BCUT2D eigenvalue weighted by Gasteiger charge is 2.12. The maximum atomic E-state index is 4.42. The summed E-state index contributed by atoms with van der Waals surface area (Å²) in [5.74, 6) is 0. The van der Waals surface area contributed by atoms with E-state index in [0.717, 1.165) is 15.9 Å². The highest BCUT2D eigenvalue weighted by Crippen LogP contribution is 2.31. The van der Waals surface area contributed by atoms with E-state index in [1.807, 2.05) is 12.3 Å². The van der Waals surface area contributed by atoms with Gasteiger partial charge in [-0.05, 0) is 42.8 Å². The third-order valence-electron chi connectivity index (χ3n) is 2.30. The van der Waals surface area contributed by atoms with Crippen LogP contribution < -0.4 is 5.32 Å². The second-order valence-electron chi connectivity index (χ2n) is 3.49. The molecule has 0 aliphatic carbocycles. The molecule has 17 heavy (non-hydrogen) atoms. The third-order valence-corrected chi connectivity index (χ3v) is 4.05. The normalized spacial score (nSPS) is 12.6. The van der Waals surface area contributed by atoms with Gasteiger partial charge in [-0.1, -0.05) is 13.0 Å². The predicted octanol–water partition coefficient (Wildman–Crippen LogP) is 2.75. The van der Waals surface area contributed by atoms with Crippen molar-refractivity contribution < 1.29 is 0 Å². The summed E-state index contributed by atoms with van der Waals surface area (Å²) in [5, 5.41) is 4.39. The van der Waals surface area contributed by atoms with Crippen LogP contribution in [-0.2, 0) is 0 Å². The Balaban J connectivity index is 2.21. The van der Waals surface area contributed by atoms with E-state index in [2.05, 4.69) is 39.6 Å². The van der Waals surface area contributed by atoms with Gasteiger partial charge >= 0.3 is 0 Å². The Labute approximate surface area is 109 Å². The average Bonchev–Trinajstić information content (AvgIpc) is 2.83. The van der Waals surface area contributed by atoms with Crippen molar-refractivity contribution in [2.45, 2.75) is 29.3 Å². The van der Waals surface area contributed by atoms with Gasteiger partial charge in [-0.3, -0.25) is 0 Å². The van der Waals surface area contributed by atoms with Gasteiger partial charge in [0.15, 0.2) is 4.34 Å². The quantitative estimate of drug-likeness (QED) is 0.902. The first-order valence-electron chi connectivity index (χ1n) is 5.44. The van der Waals surface area contributed by atoms with Gasteiger partial charge in [0.2, 0.25) is 0 Å². The molecule has 90 valence electrons. The minimum Gasteiger partial charge on any atom is -0.310 e. The molecule has 0 aliphatic rings. The molecule has 0 bridgehead atoms. The summed E-state index contributed by atoms with van der Waals surface area (Å²) in [5.41, 5.74) is 1.20. The minimum absolute atomic E-state index is 0.295. The zero-order chi connectivity index (χ0) is 12.1. The second kappa shape index (κ2) is 6.09. The smallest absolute Gasteiger partial charge is 0.176 e. The Morgan fingerprint density at radius 2 is 2.35 bits per heavy atom. The van der Waals surface area contributed by atoms with Gasteiger partial charge in [0.1, 0.15) is 11.4 Å². The van der Waals surface area contributed by atoms with Crippen molar-refractivity contribution in [3.63, 3.8) is 0 Å². The summed E-state index contributed by atoms with van der Waals surface area (Å²) >= 11 is 2.96. The Morgan fingerprint density at radius 1 is 1.47 bits per heavy atom. The molecule has 0 amide bonds. The van der Waals surface area contributed by atoms with Crippen molar-refractivity contribution in [1.82, 2.24) is 19.7 Å². The van der Waals surface area contributed by atoms with E-state index < -0.39 is 0 Å². The molecule has 0 spiro atoms.